The second-order valence-corrected chi connectivity index (χ2v) is 3.67. The Hall–Kier alpha value is -1.05. The molecule has 0 unspecified atom stereocenters. The monoisotopic (exact) mass is 176 g/mol. The first-order valence-corrected chi connectivity index (χ1v) is 5.10. The molecule has 0 saturated heterocycles. The molecule has 0 aliphatic heterocycles. The first-order chi connectivity index (χ1) is 6.40. The predicted molar refractivity (Wildman–Crippen MR) is 55.0 cm³/mol. The summed E-state index contributed by atoms with van der Waals surface area (Å²) in [5, 5.41) is 3.38. The van der Waals surface area contributed by atoms with Crippen molar-refractivity contribution in [3.05, 3.63) is 24.0 Å². The molecule has 1 aliphatic rings. The lowest BCUT2D eigenvalue weighted by Gasteiger charge is -2.05. The Morgan fingerprint density at radius 3 is 3.08 bits per heavy atom. The Labute approximate surface area is 79.4 Å². The molecule has 2 nitrogen and oxygen atoms in total. The van der Waals surface area contributed by atoms with Crippen molar-refractivity contribution < 1.29 is 0 Å². The van der Waals surface area contributed by atoms with Crippen LogP contribution in [0.2, 0.25) is 0 Å². The summed E-state index contributed by atoms with van der Waals surface area (Å²) in [6.45, 7) is 3.23. The highest BCUT2D eigenvalue weighted by Gasteiger charge is 2.24. The molecule has 70 valence electrons. The van der Waals surface area contributed by atoms with Gasteiger partial charge in [-0.2, -0.15) is 0 Å². The molecule has 0 atom stereocenters. The normalized spacial score (nSPS) is 15.8. The third-order valence-corrected chi connectivity index (χ3v) is 2.36. The van der Waals surface area contributed by atoms with E-state index in [1.54, 1.807) is 0 Å². The number of nitrogens with zero attached hydrogens (tertiary/aromatic N) is 1. The van der Waals surface area contributed by atoms with Gasteiger partial charge < -0.3 is 5.32 Å². The first-order valence-electron chi connectivity index (χ1n) is 5.10. The molecule has 1 N–H and O–H groups in total. The minimum absolute atomic E-state index is 0.753. The van der Waals surface area contributed by atoms with E-state index in [4.69, 9.17) is 0 Å². The van der Waals surface area contributed by atoms with E-state index in [9.17, 15) is 0 Å². The molecule has 0 amide bonds. The van der Waals surface area contributed by atoms with Crippen molar-refractivity contribution in [1.29, 1.82) is 0 Å². The molecular weight excluding hydrogens is 160 g/mol. The molecule has 0 bridgehead atoms. The van der Waals surface area contributed by atoms with Crippen LogP contribution in [0.15, 0.2) is 18.3 Å². The van der Waals surface area contributed by atoms with Gasteiger partial charge in [-0.25, -0.2) is 0 Å². The molecule has 1 saturated carbocycles. The van der Waals surface area contributed by atoms with Crippen LogP contribution in [0.3, 0.4) is 0 Å². The lowest BCUT2D eigenvalue weighted by atomic mass is 10.2. The van der Waals surface area contributed by atoms with E-state index in [-0.39, 0.29) is 0 Å². The number of nitrogens with one attached hydrogen (secondary N) is 1. The minimum atomic E-state index is 0.753. The Balaban J connectivity index is 2.03. The molecular formula is C11H16N2. The average Bonchev–Trinajstić information content (AvgIpc) is 2.98. The van der Waals surface area contributed by atoms with Crippen molar-refractivity contribution in [3.63, 3.8) is 0 Å². The molecule has 1 heterocycles. The third kappa shape index (κ3) is 2.20. The Kier molecular flexibility index (Phi) is 2.48. The molecule has 1 aromatic heterocycles. The molecule has 0 radical (unpaired) electrons. The van der Waals surface area contributed by atoms with Crippen molar-refractivity contribution in [2.24, 2.45) is 0 Å². The van der Waals surface area contributed by atoms with Crippen LogP contribution in [-0.2, 0) is 0 Å². The van der Waals surface area contributed by atoms with Crippen molar-refractivity contribution in [3.8, 4) is 0 Å². The van der Waals surface area contributed by atoms with Crippen LogP contribution in [0.1, 0.15) is 37.8 Å². The standard InChI is InChI=1S/C11H16N2/c1-2-6-12-10-5-7-13-11(8-10)9-3-4-9/h5,7-9H,2-4,6H2,1H3,(H,12,13). The van der Waals surface area contributed by atoms with Crippen LogP contribution in [0, 0.1) is 0 Å². The second-order valence-electron chi connectivity index (χ2n) is 3.67. The van der Waals surface area contributed by atoms with Gasteiger partial charge in [0.05, 0.1) is 0 Å². The van der Waals surface area contributed by atoms with Crippen LogP contribution in [0.5, 0.6) is 0 Å². The van der Waals surface area contributed by atoms with Gasteiger partial charge in [0.25, 0.3) is 0 Å². The lowest BCUT2D eigenvalue weighted by Crippen LogP contribution is -2.00. The maximum atomic E-state index is 4.37. The zero-order valence-electron chi connectivity index (χ0n) is 8.09. The van der Waals surface area contributed by atoms with E-state index in [1.807, 2.05) is 12.3 Å². The summed E-state index contributed by atoms with van der Waals surface area (Å²) in [6.07, 6.45) is 5.72. The van der Waals surface area contributed by atoms with E-state index in [0.29, 0.717) is 0 Å². The van der Waals surface area contributed by atoms with Crippen LogP contribution in [-0.4, -0.2) is 11.5 Å². The SMILES string of the molecule is CCCNc1ccnc(C2CC2)c1. The molecule has 0 aromatic carbocycles. The minimum Gasteiger partial charge on any atom is -0.385 e. The molecule has 2 rings (SSSR count). The molecule has 13 heavy (non-hydrogen) atoms. The van der Waals surface area contributed by atoms with Gasteiger partial charge in [0.15, 0.2) is 0 Å². The van der Waals surface area contributed by atoms with Crippen LogP contribution < -0.4 is 5.32 Å². The maximum absolute atomic E-state index is 4.37. The van der Waals surface area contributed by atoms with Gasteiger partial charge in [0.2, 0.25) is 0 Å². The Bertz CT molecular complexity index is 279. The topological polar surface area (TPSA) is 24.9 Å². The summed E-state index contributed by atoms with van der Waals surface area (Å²) in [4.78, 5) is 4.37. The van der Waals surface area contributed by atoms with Crippen molar-refractivity contribution in [1.82, 2.24) is 4.98 Å². The fraction of sp³-hybridized carbons (Fsp3) is 0.545. The molecule has 1 aliphatic carbocycles. The van der Waals surface area contributed by atoms with Crippen LogP contribution in [0.25, 0.3) is 0 Å². The zero-order chi connectivity index (χ0) is 9.10. The van der Waals surface area contributed by atoms with Crippen molar-refractivity contribution in [2.45, 2.75) is 32.1 Å². The van der Waals surface area contributed by atoms with Gasteiger partial charge in [0.1, 0.15) is 0 Å². The first kappa shape index (κ1) is 8.54. The number of anilines is 1. The highest BCUT2D eigenvalue weighted by molar-refractivity contribution is 5.44. The smallest absolute Gasteiger partial charge is 0.0455 e. The molecule has 0 spiro atoms. The summed E-state index contributed by atoms with van der Waals surface area (Å²) < 4.78 is 0. The highest BCUT2D eigenvalue weighted by atomic mass is 14.9. The van der Waals surface area contributed by atoms with E-state index in [0.717, 1.165) is 12.5 Å². The number of hydrogen-bond acceptors (Lipinski definition) is 2. The number of aromatic nitrogens is 1. The Morgan fingerprint density at radius 1 is 1.54 bits per heavy atom. The molecule has 2 heteroatoms. The van der Waals surface area contributed by atoms with Gasteiger partial charge in [-0.3, -0.25) is 4.98 Å². The fourth-order valence-electron chi connectivity index (χ4n) is 1.43. The summed E-state index contributed by atoms with van der Waals surface area (Å²) in [6, 6.07) is 4.23. The van der Waals surface area contributed by atoms with Gasteiger partial charge in [-0.1, -0.05) is 6.92 Å². The van der Waals surface area contributed by atoms with Crippen molar-refractivity contribution in [2.75, 3.05) is 11.9 Å². The van der Waals surface area contributed by atoms with E-state index in [2.05, 4.69) is 23.3 Å². The second kappa shape index (κ2) is 3.77. The fourth-order valence-corrected chi connectivity index (χ4v) is 1.43. The van der Waals surface area contributed by atoms with Gasteiger partial charge in [-0.15, -0.1) is 0 Å². The quantitative estimate of drug-likeness (QED) is 0.763. The third-order valence-electron chi connectivity index (χ3n) is 2.36. The van der Waals surface area contributed by atoms with Gasteiger partial charge >= 0.3 is 0 Å². The largest absolute Gasteiger partial charge is 0.385 e. The summed E-state index contributed by atoms with van der Waals surface area (Å²) in [5.74, 6) is 0.753. The summed E-state index contributed by atoms with van der Waals surface area (Å²) in [5.41, 5.74) is 2.49. The molecule has 1 aromatic rings. The van der Waals surface area contributed by atoms with Crippen molar-refractivity contribution >= 4 is 5.69 Å². The number of rotatable bonds is 4. The predicted octanol–water partition coefficient (Wildman–Crippen LogP) is 2.78. The number of pyridine rings is 1. The van der Waals surface area contributed by atoms with Gasteiger partial charge in [-0.05, 0) is 31.4 Å². The highest BCUT2D eigenvalue weighted by Crippen LogP contribution is 2.39. The zero-order valence-corrected chi connectivity index (χ0v) is 8.09. The Morgan fingerprint density at radius 2 is 2.38 bits per heavy atom. The summed E-state index contributed by atoms with van der Waals surface area (Å²) in [7, 11) is 0. The maximum Gasteiger partial charge on any atom is 0.0455 e. The van der Waals surface area contributed by atoms with Crippen LogP contribution >= 0.6 is 0 Å². The van der Waals surface area contributed by atoms with E-state index < -0.39 is 0 Å². The lowest BCUT2D eigenvalue weighted by molar-refractivity contribution is 0.970. The summed E-state index contributed by atoms with van der Waals surface area (Å²) >= 11 is 0. The number of hydrogen-bond donors (Lipinski definition) is 1. The average molecular weight is 176 g/mol. The van der Waals surface area contributed by atoms with Crippen LogP contribution in [0.4, 0.5) is 5.69 Å². The van der Waals surface area contributed by atoms with E-state index in [1.165, 1.54) is 30.6 Å². The van der Waals surface area contributed by atoms with Gasteiger partial charge in [0, 0.05) is 30.0 Å². The molecule has 1 fully saturated rings. The van der Waals surface area contributed by atoms with E-state index >= 15 is 0 Å².